The quantitative estimate of drug-likeness (QED) is 0.711. The molecule has 100 valence electrons. The lowest BCUT2D eigenvalue weighted by Gasteiger charge is -2.01. The third kappa shape index (κ3) is 2.12. The fourth-order valence-corrected chi connectivity index (χ4v) is 2.54. The topological polar surface area (TPSA) is 26.5 Å². The highest BCUT2D eigenvalue weighted by Crippen LogP contribution is 2.29. The number of aromatic nitrogens is 2. The summed E-state index contributed by atoms with van der Waals surface area (Å²) in [6, 6.07) is 11.9. The van der Waals surface area contributed by atoms with Gasteiger partial charge in [0.2, 0.25) is 0 Å². The lowest BCUT2D eigenvalue weighted by molar-refractivity contribution is 0.415. The molecule has 4 heteroatoms. The predicted octanol–water partition coefficient (Wildman–Crippen LogP) is 4.42. The summed E-state index contributed by atoms with van der Waals surface area (Å²) in [4.78, 5) is 0. The molecule has 3 rings (SSSR count). The first-order valence-corrected chi connectivity index (χ1v) is 6.97. The molecule has 0 saturated carbocycles. The van der Waals surface area contributed by atoms with Crippen molar-refractivity contribution in [2.24, 2.45) is 0 Å². The Bertz CT molecular complexity index is 775. The molecule has 0 fully saturated rings. The average Bonchev–Trinajstić information content (AvgIpc) is 2.85. The van der Waals surface area contributed by atoms with Crippen molar-refractivity contribution in [3.05, 3.63) is 59.2 Å². The van der Waals surface area contributed by atoms with Gasteiger partial charge in [0.1, 0.15) is 11.4 Å². The zero-order valence-electron chi connectivity index (χ0n) is 11.0. The van der Waals surface area contributed by atoms with Crippen LogP contribution < -0.4 is 4.74 Å². The van der Waals surface area contributed by atoms with E-state index in [0.29, 0.717) is 0 Å². The monoisotopic (exact) mass is 328 g/mol. The Labute approximate surface area is 125 Å². The smallest absolute Gasteiger partial charge is 0.118 e. The van der Waals surface area contributed by atoms with Crippen LogP contribution in [0, 0.1) is 0 Å². The Morgan fingerprint density at radius 2 is 2.00 bits per heavy atom. The number of rotatable bonds is 3. The zero-order valence-corrected chi connectivity index (χ0v) is 12.6. The van der Waals surface area contributed by atoms with Gasteiger partial charge in [0.05, 0.1) is 12.6 Å². The Hall–Kier alpha value is -2.07. The highest BCUT2D eigenvalue weighted by atomic mass is 79.9. The number of hydrogen-bond donors (Lipinski definition) is 0. The first-order valence-electron chi connectivity index (χ1n) is 6.17. The molecular weight excluding hydrogens is 316 g/mol. The number of halogens is 1. The van der Waals surface area contributed by atoms with Gasteiger partial charge in [0.15, 0.2) is 0 Å². The van der Waals surface area contributed by atoms with E-state index in [2.05, 4.69) is 27.6 Å². The van der Waals surface area contributed by atoms with E-state index in [1.165, 1.54) is 0 Å². The maximum Gasteiger partial charge on any atom is 0.118 e. The number of pyridine rings is 1. The van der Waals surface area contributed by atoms with E-state index < -0.39 is 0 Å². The van der Waals surface area contributed by atoms with Crippen molar-refractivity contribution < 1.29 is 4.74 Å². The van der Waals surface area contributed by atoms with Crippen molar-refractivity contribution in [1.29, 1.82) is 0 Å². The molecule has 0 N–H and O–H groups in total. The molecule has 3 nitrogen and oxygen atoms in total. The maximum absolute atomic E-state index is 5.18. The van der Waals surface area contributed by atoms with Crippen LogP contribution in [-0.2, 0) is 0 Å². The first kappa shape index (κ1) is 12.9. The highest BCUT2D eigenvalue weighted by Gasteiger charge is 2.12. The molecule has 2 heterocycles. The fraction of sp³-hybridized carbons (Fsp3) is 0.0625. The minimum atomic E-state index is 0.834. The first-order chi connectivity index (χ1) is 9.72. The molecule has 20 heavy (non-hydrogen) atoms. The van der Waals surface area contributed by atoms with Crippen molar-refractivity contribution in [3.63, 3.8) is 0 Å². The molecule has 0 saturated heterocycles. The second kappa shape index (κ2) is 5.13. The molecule has 0 bridgehead atoms. The van der Waals surface area contributed by atoms with Crippen LogP contribution in [0.5, 0.6) is 5.75 Å². The zero-order chi connectivity index (χ0) is 14.1. The Kier molecular flexibility index (Phi) is 3.32. The lowest BCUT2D eigenvalue weighted by atomic mass is 10.1. The van der Waals surface area contributed by atoms with Crippen LogP contribution in [0.25, 0.3) is 22.9 Å². The third-order valence-corrected chi connectivity index (χ3v) is 3.70. The number of ether oxygens (including phenoxy) is 1. The largest absolute Gasteiger partial charge is 0.497 e. The summed E-state index contributed by atoms with van der Waals surface area (Å²) < 4.78 is 8.07. The van der Waals surface area contributed by atoms with Gasteiger partial charge in [0, 0.05) is 21.8 Å². The standard InChI is InChI=1S/C16H13BrN2O/c1-3-14-15-10-12(17)8-9-19(15)18-16(14)11-4-6-13(20-2)7-5-11/h3-10H,1H2,2H3. The Balaban J connectivity index is 2.21. The van der Waals surface area contributed by atoms with E-state index in [-0.39, 0.29) is 0 Å². The maximum atomic E-state index is 5.18. The molecule has 3 aromatic rings. The minimum Gasteiger partial charge on any atom is -0.497 e. The number of methoxy groups -OCH3 is 1. The lowest BCUT2D eigenvalue weighted by Crippen LogP contribution is -1.86. The summed E-state index contributed by atoms with van der Waals surface area (Å²) in [6.45, 7) is 3.91. The van der Waals surface area contributed by atoms with Crippen molar-refractivity contribution in [2.45, 2.75) is 0 Å². The molecule has 0 amide bonds. The van der Waals surface area contributed by atoms with Crippen LogP contribution in [0.1, 0.15) is 5.56 Å². The molecule has 0 aliphatic rings. The van der Waals surface area contributed by atoms with Crippen molar-refractivity contribution in [1.82, 2.24) is 9.61 Å². The van der Waals surface area contributed by atoms with Gasteiger partial charge < -0.3 is 4.74 Å². The number of nitrogens with zero attached hydrogens (tertiary/aromatic N) is 2. The van der Waals surface area contributed by atoms with Crippen LogP contribution in [0.2, 0.25) is 0 Å². The van der Waals surface area contributed by atoms with Gasteiger partial charge in [0.25, 0.3) is 0 Å². The number of benzene rings is 1. The van der Waals surface area contributed by atoms with E-state index in [9.17, 15) is 0 Å². The second-order valence-corrected chi connectivity index (χ2v) is 5.29. The third-order valence-electron chi connectivity index (χ3n) is 3.20. The van der Waals surface area contributed by atoms with E-state index in [1.54, 1.807) is 7.11 Å². The van der Waals surface area contributed by atoms with E-state index >= 15 is 0 Å². The van der Waals surface area contributed by atoms with Gasteiger partial charge in [-0.3, -0.25) is 0 Å². The molecule has 2 aromatic heterocycles. The molecule has 0 aliphatic carbocycles. The van der Waals surface area contributed by atoms with Gasteiger partial charge >= 0.3 is 0 Å². The summed E-state index contributed by atoms with van der Waals surface area (Å²) in [7, 11) is 1.66. The molecule has 0 atom stereocenters. The van der Waals surface area contributed by atoms with E-state index in [0.717, 1.165) is 32.6 Å². The summed E-state index contributed by atoms with van der Waals surface area (Å²) in [5.41, 5.74) is 4.01. The summed E-state index contributed by atoms with van der Waals surface area (Å²) >= 11 is 3.49. The number of hydrogen-bond acceptors (Lipinski definition) is 2. The van der Waals surface area contributed by atoms with Gasteiger partial charge in [-0.25, -0.2) is 4.52 Å². The molecule has 0 aliphatic heterocycles. The summed E-state index contributed by atoms with van der Waals surface area (Å²) in [5, 5.41) is 4.63. The average molecular weight is 329 g/mol. The Morgan fingerprint density at radius 3 is 2.65 bits per heavy atom. The second-order valence-electron chi connectivity index (χ2n) is 4.37. The van der Waals surface area contributed by atoms with Crippen LogP contribution in [-0.4, -0.2) is 16.7 Å². The summed E-state index contributed by atoms with van der Waals surface area (Å²) in [5.74, 6) is 0.834. The van der Waals surface area contributed by atoms with Gasteiger partial charge in [-0.05, 0) is 36.4 Å². The predicted molar refractivity (Wildman–Crippen MR) is 85.0 cm³/mol. The van der Waals surface area contributed by atoms with Gasteiger partial charge in [-0.2, -0.15) is 5.10 Å². The number of fused-ring (bicyclic) bond motifs is 1. The van der Waals surface area contributed by atoms with Crippen LogP contribution in [0.3, 0.4) is 0 Å². The molecule has 0 radical (unpaired) electrons. The summed E-state index contributed by atoms with van der Waals surface area (Å²) in [6.07, 6.45) is 3.77. The SMILES string of the molecule is C=Cc1c(-c2ccc(OC)cc2)nn2ccc(Br)cc12. The highest BCUT2D eigenvalue weighted by molar-refractivity contribution is 9.10. The molecule has 0 unspecified atom stereocenters. The van der Waals surface area contributed by atoms with Crippen molar-refractivity contribution >= 4 is 27.5 Å². The van der Waals surface area contributed by atoms with E-state index in [1.807, 2.05) is 53.2 Å². The minimum absolute atomic E-state index is 0.834. The normalized spacial score (nSPS) is 10.7. The molecule has 0 spiro atoms. The van der Waals surface area contributed by atoms with Gasteiger partial charge in [-0.1, -0.05) is 28.6 Å². The van der Waals surface area contributed by atoms with Crippen LogP contribution in [0.15, 0.2) is 53.6 Å². The molecular formula is C16H13BrN2O. The fourth-order valence-electron chi connectivity index (χ4n) is 2.20. The van der Waals surface area contributed by atoms with E-state index in [4.69, 9.17) is 4.74 Å². The van der Waals surface area contributed by atoms with Crippen LogP contribution in [0.4, 0.5) is 0 Å². The van der Waals surface area contributed by atoms with Gasteiger partial charge in [-0.15, -0.1) is 0 Å². The Morgan fingerprint density at radius 1 is 1.25 bits per heavy atom. The van der Waals surface area contributed by atoms with Crippen LogP contribution >= 0.6 is 15.9 Å². The molecule has 1 aromatic carbocycles. The van der Waals surface area contributed by atoms with Crippen molar-refractivity contribution in [3.8, 4) is 17.0 Å². The van der Waals surface area contributed by atoms with Crippen molar-refractivity contribution in [2.75, 3.05) is 7.11 Å².